The second kappa shape index (κ2) is 16.7. The summed E-state index contributed by atoms with van der Waals surface area (Å²) in [5, 5.41) is 20.4. The molecule has 0 atom stereocenters. The fourth-order valence-corrected chi connectivity index (χ4v) is 15.6. The third-order valence-electron chi connectivity index (χ3n) is 19.6. The number of nitrogens with zero attached hydrogens (tertiary/aromatic N) is 4. The highest BCUT2D eigenvalue weighted by atomic mass is 15.0. The van der Waals surface area contributed by atoms with Gasteiger partial charge < -0.3 is 17.9 Å². The second-order valence-electron chi connectivity index (χ2n) is 26.5. The quantitative estimate of drug-likeness (QED) is 0.167. The van der Waals surface area contributed by atoms with E-state index in [4.69, 9.17) is 0 Å². The van der Waals surface area contributed by atoms with E-state index < -0.39 is 0 Å². The highest BCUT2D eigenvalue weighted by molar-refractivity contribution is 6.36. The van der Waals surface area contributed by atoms with Crippen molar-refractivity contribution in [3.05, 3.63) is 254 Å². The van der Waals surface area contributed by atoms with Gasteiger partial charge in [-0.25, -0.2) is 0 Å². The molecule has 6 aromatic heterocycles. The van der Waals surface area contributed by atoms with E-state index in [-0.39, 0.29) is 10.8 Å². The maximum absolute atomic E-state index is 2.68. The summed E-state index contributed by atoms with van der Waals surface area (Å²) in [6.07, 6.45) is 0. The molecule has 0 bridgehead atoms. The van der Waals surface area contributed by atoms with E-state index in [0.29, 0.717) is 0 Å². The van der Waals surface area contributed by atoms with Gasteiger partial charge in [0.25, 0.3) is 0 Å². The average molecular weight is 1100 g/mol. The molecular formula is C82H58N4. The lowest BCUT2D eigenvalue weighted by atomic mass is 9.84. The van der Waals surface area contributed by atoms with Crippen molar-refractivity contribution in [2.24, 2.45) is 0 Å². The van der Waals surface area contributed by atoms with Gasteiger partial charge in [-0.3, -0.25) is 0 Å². The molecule has 4 heteroatoms. The lowest BCUT2D eigenvalue weighted by Crippen LogP contribution is -2.11. The van der Waals surface area contributed by atoms with Crippen molar-refractivity contribution in [2.75, 3.05) is 0 Å². The first-order valence-electron chi connectivity index (χ1n) is 30.4. The average Bonchev–Trinajstić information content (AvgIpc) is 1.58. The predicted octanol–water partition coefficient (Wildman–Crippen LogP) is 22.4. The van der Waals surface area contributed by atoms with Crippen molar-refractivity contribution >= 4 is 141 Å². The Balaban J connectivity index is 0.966. The van der Waals surface area contributed by atoms with E-state index in [1.54, 1.807) is 0 Å². The van der Waals surface area contributed by atoms with Crippen molar-refractivity contribution in [3.8, 4) is 33.6 Å². The number of hydrogen-bond acceptors (Lipinski definition) is 0. The molecule has 0 saturated carbocycles. The van der Waals surface area contributed by atoms with Crippen molar-refractivity contribution < 1.29 is 0 Å². The summed E-state index contributed by atoms with van der Waals surface area (Å²) < 4.78 is 10.2. The Morgan fingerprint density at radius 1 is 0.244 bits per heavy atom. The monoisotopic (exact) mass is 1100 g/mol. The molecule has 19 rings (SSSR count). The Morgan fingerprint density at radius 3 is 1.23 bits per heavy atom. The first kappa shape index (κ1) is 48.0. The zero-order chi connectivity index (χ0) is 57.2. The van der Waals surface area contributed by atoms with Crippen LogP contribution in [0, 0.1) is 0 Å². The van der Waals surface area contributed by atoms with E-state index in [2.05, 4.69) is 302 Å². The minimum absolute atomic E-state index is 0.107. The number of aromatic nitrogens is 4. The second-order valence-corrected chi connectivity index (χ2v) is 26.5. The van der Waals surface area contributed by atoms with Gasteiger partial charge in [0.1, 0.15) is 0 Å². The van der Waals surface area contributed by atoms with E-state index in [9.17, 15) is 0 Å². The molecule has 0 unspecified atom stereocenters. The Morgan fingerprint density at radius 2 is 0.651 bits per heavy atom. The molecule has 0 aliphatic heterocycles. The molecule has 13 aromatic carbocycles. The van der Waals surface area contributed by atoms with Gasteiger partial charge in [0.2, 0.25) is 0 Å². The molecule has 0 aliphatic carbocycles. The molecule has 19 aromatic rings. The number of hydrogen-bond donors (Lipinski definition) is 0. The Bertz CT molecular complexity index is 6130. The van der Waals surface area contributed by atoms with Crippen LogP contribution < -0.4 is 0 Å². The molecular weight excluding hydrogens is 1040 g/mol. The first-order valence-corrected chi connectivity index (χ1v) is 30.4. The molecule has 0 radical (unpaired) electrons. The van der Waals surface area contributed by atoms with Crippen LogP contribution >= 0.6 is 0 Å². The topological polar surface area (TPSA) is 18.7 Å². The summed E-state index contributed by atoms with van der Waals surface area (Å²) in [4.78, 5) is 0. The molecule has 0 aliphatic rings. The molecule has 0 amide bonds. The molecule has 406 valence electrons. The fraction of sp³-hybridized carbons (Fsp3) is 0.0976. The number of fused-ring (bicyclic) bond motifs is 22. The predicted molar refractivity (Wildman–Crippen MR) is 368 cm³/mol. The lowest BCUT2D eigenvalue weighted by Gasteiger charge is -2.21. The van der Waals surface area contributed by atoms with Gasteiger partial charge in [-0.1, -0.05) is 175 Å². The molecule has 86 heavy (non-hydrogen) atoms. The highest BCUT2D eigenvalue weighted by Crippen LogP contribution is 2.52. The van der Waals surface area contributed by atoms with Crippen LogP contribution in [0.1, 0.15) is 52.7 Å². The largest absolute Gasteiger partial charge is 0.309 e. The van der Waals surface area contributed by atoms with Crippen LogP contribution in [-0.2, 0) is 10.8 Å². The number of rotatable bonds is 4. The minimum atomic E-state index is -0.115. The molecule has 4 nitrogen and oxygen atoms in total. The molecule has 0 spiro atoms. The third kappa shape index (κ3) is 6.32. The van der Waals surface area contributed by atoms with Crippen molar-refractivity contribution in [2.45, 2.75) is 52.4 Å². The molecule has 6 heterocycles. The van der Waals surface area contributed by atoms with Crippen molar-refractivity contribution in [1.29, 1.82) is 0 Å². The number of para-hydroxylation sites is 4. The van der Waals surface area contributed by atoms with Crippen molar-refractivity contribution in [1.82, 2.24) is 17.9 Å². The van der Waals surface area contributed by atoms with Gasteiger partial charge in [-0.2, -0.15) is 0 Å². The third-order valence-corrected chi connectivity index (χ3v) is 19.6. The molecule has 0 N–H and O–H groups in total. The van der Waals surface area contributed by atoms with Gasteiger partial charge >= 0.3 is 0 Å². The smallest absolute Gasteiger partial charge is 0.0627 e. The molecule has 0 fully saturated rings. The Kier molecular flexibility index (Phi) is 9.31. The van der Waals surface area contributed by atoms with Crippen LogP contribution in [0.5, 0.6) is 0 Å². The lowest BCUT2D eigenvalue weighted by molar-refractivity contribution is 0.591. The summed E-state index contributed by atoms with van der Waals surface area (Å²) in [6.45, 7) is 14.2. The van der Waals surface area contributed by atoms with Crippen LogP contribution in [-0.4, -0.2) is 17.9 Å². The number of benzene rings is 13. The van der Waals surface area contributed by atoms with Gasteiger partial charge in [0.05, 0.1) is 55.2 Å². The van der Waals surface area contributed by atoms with Gasteiger partial charge in [0, 0.05) is 87.1 Å². The zero-order valence-corrected chi connectivity index (χ0v) is 48.9. The van der Waals surface area contributed by atoms with Crippen LogP contribution in [0.25, 0.3) is 175 Å². The summed E-state index contributed by atoms with van der Waals surface area (Å²) in [5.41, 5.74) is 22.0. The van der Waals surface area contributed by atoms with E-state index in [1.807, 2.05) is 0 Å². The van der Waals surface area contributed by atoms with Gasteiger partial charge in [-0.15, -0.1) is 0 Å². The van der Waals surface area contributed by atoms with Crippen LogP contribution in [0.4, 0.5) is 0 Å². The van der Waals surface area contributed by atoms with Crippen LogP contribution in [0.15, 0.2) is 243 Å². The van der Waals surface area contributed by atoms with E-state index in [1.165, 1.54) is 175 Å². The van der Waals surface area contributed by atoms with E-state index >= 15 is 0 Å². The molecule has 0 saturated heterocycles. The van der Waals surface area contributed by atoms with Crippen LogP contribution in [0.3, 0.4) is 0 Å². The normalized spacial score (nSPS) is 13.0. The van der Waals surface area contributed by atoms with Gasteiger partial charge in [0.15, 0.2) is 0 Å². The Hall–Kier alpha value is -10.4. The zero-order valence-electron chi connectivity index (χ0n) is 48.9. The fourth-order valence-electron chi connectivity index (χ4n) is 15.6. The summed E-state index contributed by atoms with van der Waals surface area (Å²) in [7, 11) is 0. The maximum Gasteiger partial charge on any atom is 0.0627 e. The minimum Gasteiger partial charge on any atom is -0.309 e. The maximum atomic E-state index is 2.68. The Labute approximate surface area is 496 Å². The summed E-state index contributed by atoms with van der Waals surface area (Å²) in [6, 6.07) is 92.3. The summed E-state index contributed by atoms with van der Waals surface area (Å²) >= 11 is 0. The standard InChI is InChI=1S/C82H58N4/c1-81(2,3)51-41-60(50-34-36-72-62(39-50)58-30-18-20-32-70(58)84(72)54-25-11-8-12-26-54)77-66(43-51)64-40-48-22-14-15-27-55(48)75-67-46-73-63(45-74(67)86(77)80(64)75)65-42-52(82(4,5)6)44-68-76-56-28-16-13-21-47(56)37-59(79(76)85(73)78(65)68)49-33-35-71-61(38-49)57-29-17-19-31-69(57)83(71)53-23-9-7-10-24-53/h7-46H,1-6H3. The van der Waals surface area contributed by atoms with Crippen LogP contribution in [0.2, 0.25) is 0 Å². The first-order chi connectivity index (χ1) is 41.9. The summed E-state index contributed by atoms with van der Waals surface area (Å²) in [5.74, 6) is 0. The van der Waals surface area contributed by atoms with Crippen molar-refractivity contribution in [3.63, 3.8) is 0 Å². The highest BCUT2D eigenvalue weighted by Gasteiger charge is 2.30. The SMILES string of the molecule is CC(C)(C)c1cc(-c2ccc3c(c2)c2ccccc2n3-c2ccccc2)c2c(c1)c1cc3ccccc3c3c4cc5c(cc4n2c13)c1cc(C(C)(C)C)cc2c3c4ccccc4cc(-c4ccc6c(c4)c4ccccc4n6-c4ccccc4)c3n5c12. The van der Waals surface area contributed by atoms with Gasteiger partial charge in [-0.05, 0) is 164 Å². The van der Waals surface area contributed by atoms with E-state index in [0.717, 1.165) is 11.4 Å².